The molecule has 0 bridgehead atoms. The summed E-state index contributed by atoms with van der Waals surface area (Å²) < 4.78 is 5.52. The van der Waals surface area contributed by atoms with Crippen LogP contribution in [0.5, 0.6) is 5.75 Å². The van der Waals surface area contributed by atoms with Crippen molar-refractivity contribution < 1.29 is 9.53 Å². The summed E-state index contributed by atoms with van der Waals surface area (Å²) in [6.45, 7) is 4.90. The number of aryl methyl sites for hydroxylation is 2. The summed E-state index contributed by atoms with van der Waals surface area (Å²) in [6, 6.07) is 5.88. The Morgan fingerprint density at radius 2 is 2.10 bits per heavy atom. The summed E-state index contributed by atoms with van der Waals surface area (Å²) in [5.74, 6) is 0.702. The predicted molar refractivity (Wildman–Crippen MR) is 85.6 cm³/mol. The molecule has 1 aromatic rings. The first kappa shape index (κ1) is 15.6. The van der Waals surface area contributed by atoms with Gasteiger partial charge in [-0.25, -0.2) is 0 Å². The maximum atomic E-state index is 11.8. The largest absolute Gasteiger partial charge is 0.484 e. The van der Waals surface area contributed by atoms with Gasteiger partial charge >= 0.3 is 0 Å². The van der Waals surface area contributed by atoms with E-state index < -0.39 is 0 Å². The van der Waals surface area contributed by atoms with Crippen LogP contribution < -0.4 is 10.1 Å². The van der Waals surface area contributed by atoms with Gasteiger partial charge < -0.3 is 10.1 Å². The predicted octanol–water partition coefficient (Wildman–Crippen LogP) is 3.69. The van der Waals surface area contributed by atoms with Gasteiger partial charge in [-0.2, -0.15) is 0 Å². The molecular weight excluding hydrogens is 262 g/mol. The Morgan fingerprint density at radius 3 is 2.81 bits per heavy atom. The van der Waals surface area contributed by atoms with Crippen molar-refractivity contribution in [1.82, 2.24) is 5.32 Å². The van der Waals surface area contributed by atoms with Gasteiger partial charge in [-0.15, -0.1) is 0 Å². The second-order valence-electron chi connectivity index (χ2n) is 5.74. The maximum absolute atomic E-state index is 11.8. The van der Waals surface area contributed by atoms with Crippen LogP contribution in [0.2, 0.25) is 0 Å². The molecule has 0 atom stereocenters. The summed E-state index contributed by atoms with van der Waals surface area (Å²) >= 11 is 0. The monoisotopic (exact) mass is 287 g/mol. The van der Waals surface area contributed by atoms with Crippen molar-refractivity contribution in [1.29, 1.82) is 0 Å². The van der Waals surface area contributed by atoms with E-state index in [4.69, 9.17) is 4.74 Å². The number of hydrogen-bond donors (Lipinski definition) is 1. The summed E-state index contributed by atoms with van der Waals surface area (Å²) in [5.41, 5.74) is 3.89. The molecule has 0 spiro atoms. The lowest BCUT2D eigenvalue weighted by Gasteiger charge is -2.13. The van der Waals surface area contributed by atoms with E-state index in [1.54, 1.807) is 0 Å². The van der Waals surface area contributed by atoms with Gasteiger partial charge in [-0.05, 0) is 69.2 Å². The molecule has 0 aromatic heterocycles. The van der Waals surface area contributed by atoms with Crippen LogP contribution in [0.15, 0.2) is 29.8 Å². The third-order valence-electron chi connectivity index (χ3n) is 4.00. The Hall–Kier alpha value is -1.77. The van der Waals surface area contributed by atoms with E-state index in [2.05, 4.69) is 18.3 Å². The molecule has 0 heterocycles. The number of amides is 1. The third-order valence-corrected chi connectivity index (χ3v) is 4.00. The van der Waals surface area contributed by atoms with E-state index >= 15 is 0 Å². The molecule has 1 aliphatic carbocycles. The number of carbonyl (C=O) groups is 1. The lowest BCUT2D eigenvalue weighted by molar-refractivity contribution is -0.123. The van der Waals surface area contributed by atoms with Crippen molar-refractivity contribution in [2.45, 2.75) is 46.0 Å². The number of nitrogens with one attached hydrogen (secondary N) is 1. The smallest absolute Gasteiger partial charge is 0.257 e. The van der Waals surface area contributed by atoms with Crippen molar-refractivity contribution in [2.24, 2.45) is 0 Å². The normalized spacial score (nSPS) is 14.5. The van der Waals surface area contributed by atoms with Crippen molar-refractivity contribution >= 4 is 5.91 Å². The Morgan fingerprint density at radius 1 is 1.24 bits per heavy atom. The Balaban J connectivity index is 1.67. The average Bonchev–Trinajstić information content (AvgIpc) is 2.49. The number of allylic oxidation sites excluding steroid dienone is 1. The molecule has 21 heavy (non-hydrogen) atoms. The van der Waals surface area contributed by atoms with E-state index in [9.17, 15) is 4.79 Å². The molecule has 0 aliphatic heterocycles. The Bertz CT molecular complexity index is 520. The highest BCUT2D eigenvalue weighted by molar-refractivity contribution is 5.77. The zero-order valence-electron chi connectivity index (χ0n) is 13.1. The molecule has 1 aromatic carbocycles. The third kappa shape index (κ3) is 5.25. The minimum absolute atomic E-state index is 0.0513. The fraction of sp³-hybridized carbons (Fsp3) is 0.500. The second kappa shape index (κ2) is 7.87. The van der Waals surface area contributed by atoms with E-state index in [1.807, 2.05) is 25.1 Å². The molecule has 0 saturated heterocycles. The van der Waals surface area contributed by atoms with E-state index in [0.29, 0.717) is 6.54 Å². The minimum atomic E-state index is -0.0513. The zero-order valence-corrected chi connectivity index (χ0v) is 13.1. The van der Waals surface area contributed by atoms with Crippen molar-refractivity contribution in [3.63, 3.8) is 0 Å². The molecule has 0 saturated carbocycles. The van der Waals surface area contributed by atoms with Crippen LogP contribution in [0, 0.1) is 13.8 Å². The molecule has 114 valence electrons. The number of ether oxygens (including phenoxy) is 1. The summed E-state index contributed by atoms with van der Waals surface area (Å²) in [4.78, 5) is 11.8. The van der Waals surface area contributed by atoms with Crippen LogP contribution in [-0.4, -0.2) is 19.1 Å². The quantitative estimate of drug-likeness (QED) is 0.810. The molecule has 0 unspecified atom stereocenters. The highest BCUT2D eigenvalue weighted by atomic mass is 16.5. The standard InChI is InChI=1S/C18H25NO2/c1-14-8-9-17(12-15(14)2)21-13-18(20)19-11-10-16-6-4-3-5-7-16/h6,8-9,12H,3-5,7,10-11,13H2,1-2H3,(H,19,20). The summed E-state index contributed by atoms with van der Waals surface area (Å²) in [6.07, 6.45) is 8.26. The molecule has 3 heteroatoms. The average molecular weight is 287 g/mol. The lowest BCUT2D eigenvalue weighted by Crippen LogP contribution is -2.30. The molecule has 1 amide bonds. The number of hydrogen-bond acceptors (Lipinski definition) is 2. The van der Waals surface area contributed by atoms with E-state index in [1.165, 1.54) is 42.4 Å². The fourth-order valence-electron chi connectivity index (χ4n) is 2.50. The Labute approximate surface area is 127 Å². The van der Waals surface area contributed by atoms with Gasteiger partial charge in [0.25, 0.3) is 5.91 Å². The molecule has 1 aliphatic rings. The molecule has 2 rings (SSSR count). The molecule has 0 radical (unpaired) electrons. The highest BCUT2D eigenvalue weighted by Crippen LogP contribution is 2.19. The van der Waals surface area contributed by atoms with Gasteiger partial charge in [0.15, 0.2) is 6.61 Å². The van der Waals surface area contributed by atoms with Gasteiger partial charge in [0.1, 0.15) is 5.75 Å². The fourth-order valence-corrected chi connectivity index (χ4v) is 2.50. The first-order valence-electron chi connectivity index (χ1n) is 7.80. The van der Waals surface area contributed by atoms with Crippen LogP contribution in [0.1, 0.15) is 43.2 Å². The topological polar surface area (TPSA) is 38.3 Å². The van der Waals surface area contributed by atoms with Crippen LogP contribution >= 0.6 is 0 Å². The van der Waals surface area contributed by atoms with Gasteiger partial charge in [-0.3, -0.25) is 4.79 Å². The van der Waals surface area contributed by atoms with Gasteiger partial charge in [0, 0.05) is 6.54 Å². The van der Waals surface area contributed by atoms with Gasteiger partial charge in [0.2, 0.25) is 0 Å². The van der Waals surface area contributed by atoms with E-state index in [0.717, 1.165) is 12.2 Å². The van der Waals surface area contributed by atoms with Crippen LogP contribution in [0.3, 0.4) is 0 Å². The minimum Gasteiger partial charge on any atom is -0.484 e. The van der Waals surface area contributed by atoms with Gasteiger partial charge in [-0.1, -0.05) is 17.7 Å². The molecule has 1 N–H and O–H groups in total. The van der Waals surface area contributed by atoms with Crippen molar-refractivity contribution in [3.8, 4) is 5.75 Å². The van der Waals surface area contributed by atoms with Crippen LogP contribution in [-0.2, 0) is 4.79 Å². The molecule has 0 fully saturated rings. The number of rotatable bonds is 6. The highest BCUT2D eigenvalue weighted by Gasteiger charge is 2.06. The Kier molecular flexibility index (Phi) is 5.85. The first-order chi connectivity index (χ1) is 10.1. The van der Waals surface area contributed by atoms with Crippen molar-refractivity contribution in [2.75, 3.05) is 13.2 Å². The second-order valence-corrected chi connectivity index (χ2v) is 5.74. The summed E-state index contributed by atoms with van der Waals surface area (Å²) in [7, 11) is 0. The first-order valence-corrected chi connectivity index (χ1v) is 7.80. The lowest BCUT2D eigenvalue weighted by atomic mass is 9.97. The molecular formula is C18H25NO2. The number of carbonyl (C=O) groups excluding carboxylic acids is 1. The van der Waals surface area contributed by atoms with E-state index in [-0.39, 0.29) is 12.5 Å². The van der Waals surface area contributed by atoms with Crippen LogP contribution in [0.25, 0.3) is 0 Å². The maximum Gasteiger partial charge on any atom is 0.257 e. The van der Waals surface area contributed by atoms with Crippen LogP contribution in [0.4, 0.5) is 0 Å². The van der Waals surface area contributed by atoms with Gasteiger partial charge in [0.05, 0.1) is 0 Å². The zero-order chi connectivity index (χ0) is 15.1. The summed E-state index contributed by atoms with van der Waals surface area (Å²) in [5, 5.41) is 2.92. The number of benzene rings is 1. The van der Waals surface area contributed by atoms with Crippen molar-refractivity contribution in [3.05, 3.63) is 41.0 Å². The SMILES string of the molecule is Cc1ccc(OCC(=O)NCCC2=CCCCC2)cc1C. The molecule has 3 nitrogen and oxygen atoms in total.